The molecule has 0 aromatic carbocycles. The van der Waals surface area contributed by atoms with Gasteiger partial charge in [-0.25, -0.2) is 0 Å². The third-order valence-corrected chi connectivity index (χ3v) is 2.51. The minimum atomic E-state index is -4.63. The van der Waals surface area contributed by atoms with Crippen LogP contribution in [0.4, 0.5) is 13.2 Å². The van der Waals surface area contributed by atoms with E-state index in [1.165, 1.54) is 7.11 Å². The Labute approximate surface area is 90.3 Å². The van der Waals surface area contributed by atoms with Crippen LogP contribution in [0.3, 0.4) is 0 Å². The summed E-state index contributed by atoms with van der Waals surface area (Å²) in [4.78, 5) is 10.7. The van der Waals surface area contributed by atoms with E-state index in [1.807, 2.05) is 0 Å². The number of hydrogen-bond acceptors (Lipinski definition) is 3. The van der Waals surface area contributed by atoms with E-state index in [0.29, 0.717) is 0 Å². The minimum Gasteiger partial charge on any atom is -0.481 e. The maximum absolute atomic E-state index is 12.4. The van der Waals surface area contributed by atoms with Crippen LogP contribution >= 0.6 is 0 Å². The van der Waals surface area contributed by atoms with Crippen molar-refractivity contribution < 1.29 is 32.5 Å². The highest BCUT2D eigenvalue weighted by Crippen LogP contribution is 2.38. The predicted molar refractivity (Wildman–Crippen MR) is 47.0 cm³/mol. The van der Waals surface area contributed by atoms with E-state index >= 15 is 0 Å². The van der Waals surface area contributed by atoms with Crippen LogP contribution in [-0.4, -0.2) is 43.2 Å². The van der Waals surface area contributed by atoms with E-state index < -0.39 is 30.3 Å². The molecule has 1 N–H and O–H groups in total. The van der Waals surface area contributed by atoms with Crippen molar-refractivity contribution in [3.63, 3.8) is 0 Å². The summed E-state index contributed by atoms with van der Waals surface area (Å²) in [5.41, 5.74) is 0. The Balaban J connectivity index is 2.65. The molecule has 1 rings (SSSR count). The second-order valence-corrected chi connectivity index (χ2v) is 3.68. The average molecular weight is 242 g/mol. The molecule has 1 saturated heterocycles. The molecular weight excluding hydrogens is 229 g/mol. The molecule has 0 aromatic rings. The van der Waals surface area contributed by atoms with E-state index in [1.54, 1.807) is 0 Å². The molecule has 3 atom stereocenters. The van der Waals surface area contributed by atoms with Crippen LogP contribution < -0.4 is 0 Å². The van der Waals surface area contributed by atoms with Gasteiger partial charge in [-0.05, 0) is 12.8 Å². The molecule has 0 spiro atoms. The van der Waals surface area contributed by atoms with Crippen molar-refractivity contribution in [1.82, 2.24) is 0 Å². The number of aliphatic carboxylic acids is 1. The number of carboxylic acids is 1. The van der Waals surface area contributed by atoms with E-state index in [9.17, 15) is 18.0 Å². The summed E-state index contributed by atoms with van der Waals surface area (Å²) < 4.78 is 46.8. The number of alkyl halides is 3. The third kappa shape index (κ3) is 3.08. The molecule has 3 unspecified atom stereocenters. The second-order valence-electron chi connectivity index (χ2n) is 3.68. The standard InChI is InChI=1S/C9H13F3O4/c1-15-3-2-5-4-6(8(13)14)7(16-5)9(10,11)12/h5-7H,2-4H2,1H3,(H,13,14). The molecule has 7 heteroatoms. The highest BCUT2D eigenvalue weighted by Gasteiger charge is 2.54. The van der Waals surface area contributed by atoms with Gasteiger partial charge in [0.25, 0.3) is 0 Å². The number of rotatable bonds is 4. The lowest BCUT2D eigenvalue weighted by Gasteiger charge is -2.18. The van der Waals surface area contributed by atoms with E-state index in [0.717, 1.165) is 0 Å². The van der Waals surface area contributed by atoms with Gasteiger partial charge in [0.2, 0.25) is 0 Å². The SMILES string of the molecule is COCCC1CC(C(=O)O)C(C(F)(F)F)O1. The summed E-state index contributed by atoms with van der Waals surface area (Å²) in [7, 11) is 1.42. The Kier molecular flexibility index (Phi) is 4.15. The van der Waals surface area contributed by atoms with Crippen LogP contribution in [0, 0.1) is 5.92 Å². The van der Waals surface area contributed by atoms with Crippen LogP contribution in [0.15, 0.2) is 0 Å². The van der Waals surface area contributed by atoms with Crippen molar-refractivity contribution in [2.45, 2.75) is 31.2 Å². The molecule has 0 bridgehead atoms. The summed E-state index contributed by atoms with van der Waals surface area (Å²) in [5, 5.41) is 8.68. The van der Waals surface area contributed by atoms with Crippen molar-refractivity contribution in [3.8, 4) is 0 Å². The van der Waals surface area contributed by atoms with Crippen LogP contribution in [0.1, 0.15) is 12.8 Å². The molecule has 0 aliphatic carbocycles. The number of carboxylic acid groups (broad SMARTS) is 1. The van der Waals surface area contributed by atoms with Gasteiger partial charge in [-0.2, -0.15) is 13.2 Å². The normalized spacial score (nSPS) is 30.6. The Morgan fingerprint density at radius 1 is 1.56 bits per heavy atom. The molecule has 0 aromatic heterocycles. The van der Waals surface area contributed by atoms with Gasteiger partial charge in [-0.15, -0.1) is 0 Å². The first-order chi connectivity index (χ1) is 7.36. The summed E-state index contributed by atoms with van der Waals surface area (Å²) >= 11 is 0. The minimum absolute atomic E-state index is 0.122. The number of halogens is 3. The van der Waals surface area contributed by atoms with Gasteiger partial charge in [0.15, 0.2) is 6.10 Å². The highest BCUT2D eigenvalue weighted by molar-refractivity contribution is 5.71. The zero-order valence-corrected chi connectivity index (χ0v) is 8.66. The van der Waals surface area contributed by atoms with Crippen molar-refractivity contribution in [1.29, 1.82) is 0 Å². The summed E-state index contributed by atoms with van der Waals surface area (Å²) in [6.45, 7) is 0.252. The van der Waals surface area contributed by atoms with Crippen LogP contribution in [0.2, 0.25) is 0 Å². The average Bonchev–Trinajstić information content (AvgIpc) is 2.58. The quantitative estimate of drug-likeness (QED) is 0.810. The Morgan fingerprint density at radius 3 is 2.56 bits per heavy atom. The van der Waals surface area contributed by atoms with Gasteiger partial charge < -0.3 is 14.6 Å². The fourth-order valence-corrected chi connectivity index (χ4v) is 1.74. The Hall–Kier alpha value is -0.820. The molecule has 1 aliphatic rings. The molecule has 1 fully saturated rings. The Morgan fingerprint density at radius 2 is 2.19 bits per heavy atom. The highest BCUT2D eigenvalue weighted by atomic mass is 19.4. The monoisotopic (exact) mass is 242 g/mol. The van der Waals surface area contributed by atoms with Gasteiger partial charge in [-0.3, -0.25) is 4.79 Å². The van der Waals surface area contributed by atoms with Crippen molar-refractivity contribution >= 4 is 5.97 Å². The van der Waals surface area contributed by atoms with E-state index in [-0.39, 0.29) is 19.4 Å². The lowest BCUT2D eigenvalue weighted by molar-refractivity contribution is -0.226. The summed E-state index contributed by atoms with van der Waals surface area (Å²) in [6, 6.07) is 0. The topological polar surface area (TPSA) is 55.8 Å². The fourth-order valence-electron chi connectivity index (χ4n) is 1.74. The first-order valence-corrected chi connectivity index (χ1v) is 4.80. The molecular formula is C9H13F3O4. The maximum Gasteiger partial charge on any atom is 0.415 e. The van der Waals surface area contributed by atoms with Gasteiger partial charge in [-0.1, -0.05) is 0 Å². The molecule has 0 radical (unpaired) electrons. The predicted octanol–water partition coefficient (Wildman–Crippen LogP) is 1.44. The number of carbonyl (C=O) groups is 1. The molecule has 94 valence electrons. The van der Waals surface area contributed by atoms with Crippen LogP contribution in [0.5, 0.6) is 0 Å². The van der Waals surface area contributed by atoms with Crippen LogP contribution in [0.25, 0.3) is 0 Å². The maximum atomic E-state index is 12.4. The van der Waals surface area contributed by atoms with Crippen LogP contribution in [-0.2, 0) is 14.3 Å². The first-order valence-electron chi connectivity index (χ1n) is 4.80. The van der Waals surface area contributed by atoms with Gasteiger partial charge in [0.1, 0.15) is 0 Å². The summed E-state index contributed by atoms with van der Waals surface area (Å²) in [6.07, 6.45) is -7.39. The number of hydrogen-bond donors (Lipinski definition) is 1. The zero-order valence-electron chi connectivity index (χ0n) is 8.66. The van der Waals surface area contributed by atoms with Gasteiger partial charge >= 0.3 is 12.1 Å². The lowest BCUT2D eigenvalue weighted by atomic mass is 9.98. The zero-order chi connectivity index (χ0) is 12.3. The number of ether oxygens (including phenoxy) is 2. The molecule has 16 heavy (non-hydrogen) atoms. The molecule has 4 nitrogen and oxygen atoms in total. The summed E-state index contributed by atoms with van der Waals surface area (Å²) in [5.74, 6) is -2.98. The van der Waals surface area contributed by atoms with E-state index in [2.05, 4.69) is 0 Å². The lowest BCUT2D eigenvalue weighted by Crippen LogP contribution is -2.37. The third-order valence-electron chi connectivity index (χ3n) is 2.51. The smallest absolute Gasteiger partial charge is 0.415 e. The fraction of sp³-hybridized carbons (Fsp3) is 0.889. The van der Waals surface area contributed by atoms with Crippen molar-refractivity contribution in [2.75, 3.05) is 13.7 Å². The Bertz CT molecular complexity index is 254. The van der Waals surface area contributed by atoms with Gasteiger partial charge in [0, 0.05) is 13.7 Å². The largest absolute Gasteiger partial charge is 0.481 e. The first kappa shape index (κ1) is 13.2. The second kappa shape index (κ2) is 5.01. The van der Waals surface area contributed by atoms with Crippen molar-refractivity contribution in [3.05, 3.63) is 0 Å². The molecule has 1 aliphatic heterocycles. The van der Waals surface area contributed by atoms with Crippen molar-refractivity contribution in [2.24, 2.45) is 5.92 Å². The van der Waals surface area contributed by atoms with Gasteiger partial charge in [0.05, 0.1) is 12.0 Å². The number of methoxy groups -OCH3 is 1. The molecule has 0 amide bonds. The molecule has 0 saturated carbocycles. The van der Waals surface area contributed by atoms with E-state index in [4.69, 9.17) is 14.6 Å². The molecule has 1 heterocycles.